The van der Waals surface area contributed by atoms with Crippen molar-refractivity contribution in [3.63, 3.8) is 0 Å². The third-order valence-electron chi connectivity index (χ3n) is 3.48. The summed E-state index contributed by atoms with van der Waals surface area (Å²) in [5, 5.41) is 20.5. The molecule has 0 amide bonds. The summed E-state index contributed by atoms with van der Waals surface area (Å²) < 4.78 is 4.97. The van der Waals surface area contributed by atoms with E-state index in [1.54, 1.807) is 12.1 Å². The molecule has 0 saturated carbocycles. The van der Waals surface area contributed by atoms with Crippen molar-refractivity contribution in [3.05, 3.63) is 64.0 Å². The lowest BCUT2D eigenvalue weighted by atomic mass is 10.1. The van der Waals surface area contributed by atoms with Gasteiger partial charge >= 0.3 is 5.69 Å². The SMILES string of the molecule is COc1ccc(/C=C(\C#N)c2nc3ccccc3[nH]2)cc1[N+](=O)[O-]. The lowest BCUT2D eigenvalue weighted by Gasteiger charge is -2.02. The number of rotatable bonds is 4. The Kier molecular flexibility index (Phi) is 3.95. The number of hydrogen-bond acceptors (Lipinski definition) is 5. The molecule has 0 unspecified atom stereocenters. The second-order valence-corrected chi connectivity index (χ2v) is 4.96. The molecule has 0 bridgehead atoms. The second-order valence-electron chi connectivity index (χ2n) is 4.96. The van der Waals surface area contributed by atoms with Crippen LogP contribution in [0.5, 0.6) is 5.75 Å². The number of nitro benzene ring substituents is 1. The smallest absolute Gasteiger partial charge is 0.311 e. The maximum absolute atomic E-state index is 11.1. The Bertz CT molecular complexity index is 965. The Morgan fingerprint density at radius 3 is 2.83 bits per heavy atom. The number of nitrogens with one attached hydrogen (secondary N) is 1. The summed E-state index contributed by atoms with van der Waals surface area (Å²) >= 11 is 0. The molecule has 0 radical (unpaired) electrons. The number of benzene rings is 2. The van der Waals surface area contributed by atoms with Gasteiger partial charge in [-0.1, -0.05) is 18.2 Å². The lowest BCUT2D eigenvalue weighted by Crippen LogP contribution is -1.94. The molecule has 0 fully saturated rings. The van der Waals surface area contributed by atoms with Gasteiger partial charge in [-0.05, 0) is 29.8 Å². The molecule has 0 spiro atoms. The normalized spacial score (nSPS) is 11.2. The molecular weight excluding hydrogens is 308 g/mol. The minimum absolute atomic E-state index is 0.159. The molecule has 7 heteroatoms. The topological polar surface area (TPSA) is 105 Å². The fraction of sp³-hybridized carbons (Fsp3) is 0.0588. The Morgan fingerprint density at radius 1 is 1.38 bits per heavy atom. The quantitative estimate of drug-likeness (QED) is 0.449. The highest BCUT2D eigenvalue weighted by Gasteiger charge is 2.15. The highest BCUT2D eigenvalue weighted by molar-refractivity contribution is 5.90. The molecule has 1 heterocycles. The fourth-order valence-electron chi connectivity index (χ4n) is 2.34. The van der Waals surface area contributed by atoms with Crippen molar-refractivity contribution in [1.29, 1.82) is 5.26 Å². The molecule has 3 rings (SSSR count). The number of nitro groups is 1. The molecule has 0 aliphatic heterocycles. The van der Waals surface area contributed by atoms with Gasteiger partial charge in [0.05, 0.1) is 28.6 Å². The Hall–Kier alpha value is -3.66. The average Bonchev–Trinajstić information content (AvgIpc) is 3.03. The Morgan fingerprint density at radius 2 is 2.17 bits per heavy atom. The molecule has 1 aromatic heterocycles. The Labute approximate surface area is 137 Å². The van der Waals surface area contributed by atoms with Gasteiger partial charge < -0.3 is 9.72 Å². The van der Waals surface area contributed by atoms with Crippen molar-refractivity contribution in [2.45, 2.75) is 0 Å². The molecule has 0 aliphatic carbocycles. The first-order valence-electron chi connectivity index (χ1n) is 7.01. The number of aromatic amines is 1. The van der Waals surface area contributed by atoms with Gasteiger partial charge in [0.2, 0.25) is 0 Å². The molecule has 0 aliphatic rings. The van der Waals surface area contributed by atoms with Crippen molar-refractivity contribution in [3.8, 4) is 11.8 Å². The van der Waals surface area contributed by atoms with Gasteiger partial charge in [-0.2, -0.15) is 5.26 Å². The van der Waals surface area contributed by atoms with Crippen LogP contribution in [-0.2, 0) is 0 Å². The molecule has 3 aromatic rings. The van der Waals surface area contributed by atoms with E-state index in [1.807, 2.05) is 24.3 Å². The van der Waals surface area contributed by atoms with Crippen LogP contribution < -0.4 is 4.74 Å². The minimum Gasteiger partial charge on any atom is -0.490 e. The van der Waals surface area contributed by atoms with Crippen LogP contribution in [0.15, 0.2) is 42.5 Å². The summed E-state index contributed by atoms with van der Waals surface area (Å²) in [6.07, 6.45) is 1.55. The van der Waals surface area contributed by atoms with Crippen LogP contribution in [0, 0.1) is 21.4 Å². The molecule has 24 heavy (non-hydrogen) atoms. The molecule has 7 nitrogen and oxygen atoms in total. The largest absolute Gasteiger partial charge is 0.490 e. The predicted molar refractivity (Wildman–Crippen MR) is 89.2 cm³/mol. The van der Waals surface area contributed by atoms with Crippen molar-refractivity contribution in [2.24, 2.45) is 0 Å². The van der Waals surface area contributed by atoms with Crippen LogP contribution in [0.2, 0.25) is 0 Å². The summed E-state index contributed by atoms with van der Waals surface area (Å²) in [6.45, 7) is 0. The maximum Gasteiger partial charge on any atom is 0.311 e. The van der Waals surface area contributed by atoms with E-state index in [0.717, 1.165) is 11.0 Å². The molecule has 2 aromatic carbocycles. The van der Waals surface area contributed by atoms with Crippen molar-refractivity contribution in [2.75, 3.05) is 7.11 Å². The van der Waals surface area contributed by atoms with Gasteiger partial charge in [0, 0.05) is 6.07 Å². The van der Waals surface area contributed by atoms with E-state index < -0.39 is 4.92 Å². The number of nitrogens with zero attached hydrogens (tertiary/aromatic N) is 3. The first kappa shape index (κ1) is 15.2. The number of nitriles is 1. The summed E-state index contributed by atoms with van der Waals surface area (Å²) in [4.78, 5) is 18.0. The van der Waals surface area contributed by atoms with Gasteiger partial charge in [-0.3, -0.25) is 10.1 Å². The number of aromatic nitrogens is 2. The third-order valence-corrected chi connectivity index (χ3v) is 3.48. The van der Waals surface area contributed by atoms with Gasteiger partial charge in [0.25, 0.3) is 0 Å². The van der Waals surface area contributed by atoms with Gasteiger partial charge in [0.15, 0.2) is 5.75 Å². The zero-order chi connectivity index (χ0) is 17.1. The number of imidazole rings is 1. The van der Waals surface area contributed by atoms with Crippen LogP contribution in [-0.4, -0.2) is 22.0 Å². The van der Waals surface area contributed by atoms with Crippen LogP contribution in [0.1, 0.15) is 11.4 Å². The van der Waals surface area contributed by atoms with Crippen LogP contribution in [0.3, 0.4) is 0 Å². The lowest BCUT2D eigenvalue weighted by molar-refractivity contribution is -0.385. The number of ether oxygens (including phenoxy) is 1. The standard InChI is InChI=1S/C17H12N4O3/c1-24-16-7-6-11(9-15(16)21(22)23)8-12(10-18)17-19-13-4-2-3-5-14(13)20-17/h2-9H,1H3,(H,19,20)/b12-8+. The number of fused-ring (bicyclic) bond motifs is 1. The van der Waals surface area contributed by atoms with Gasteiger partial charge in [0.1, 0.15) is 11.9 Å². The van der Waals surface area contributed by atoms with E-state index in [1.165, 1.54) is 19.2 Å². The van der Waals surface area contributed by atoms with Crippen molar-refractivity contribution < 1.29 is 9.66 Å². The predicted octanol–water partition coefficient (Wildman–Crippen LogP) is 3.54. The Balaban J connectivity index is 2.06. The van der Waals surface area contributed by atoms with Crippen LogP contribution >= 0.6 is 0 Å². The minimum atomic E-state index is -0.524. The summed E-state index contributed by atoms with van der Waals surface area (Å²) in [6, 6.07) is 14.0. The molecule has 1 N–H and O–H groups in total. The molecular formula is C17H12N4O3. The number of hydrogen-bond donors (Lipinski definition) is 1. The van der Waals surface area contributed by atoms with E-state index in [9.17, 15) is 15.4 Å². The van der Waals surface area contributed by atoms with E-state index in [4.69, 9.17) is 4.74 Å². The van der Waals surface area contributed by atoms with E-state index in [0.29, 0.717) is 11.4 Å². The van der Waals surface area contributed by atoms with Crippen LogP contribution in [0.25, 0.3) is 22.7 Å². The zero-order valence-corrected chi connectivity index (χ0v) is 12.7. The van der Waals surface area contributed by atoms with Crippen LogP contribution in [0.4, 0.5) is 5.69 Å². The highest BCUT2D eigenvalue weighted by atomic mass is 16.6. The maximum atomic E-state index is 11.1. The highest BCUT2D eigenvalue weighted by Crippen LogP contribution is 2.29. The van der Waals surface area contributed by atoms with E-state index in [2.05, 4.69) is 16.0 Å². The number of H-pyrrole nitrogens is 1. The average molecular weight is 320 g/mol. The number of methoxy groups -OCH3 is 1. The van der Waals surface area contributed by atoms with Crippen molar-refractivity contribution in [1.82, 2.24) is 9.97 Å². The van der Waals surface area contributed by atoms with E-state index >= 15 is 0 Å². The number of allylic oxidation sites excluding steroid dienone is 1. The number of para-hydroxylation sites is 2. The summed E-state index contributed by atoms with van der Waals surface area (Å²) in [5.74, 6) is 0.580. The molecule has 0 atom stereocenters. The monoisotopic (exact) mass is 320 g/mol. The van der Waals surface area contributed by atoms with Crippen molar-refractivity contribution >= 4 is 28.4 Å². The molecule has 0 saturated heterocycles. The van der Waals surface area contributed by atoms with Gasteiger partial charge in [-0.25, -0.2) is 4.98 Å². The fourth-order valence-corrected chi connectivity index (χ4v) is 2.34. The second kappa shape index (κ2) is 6.22. The first-order chi connectivity index (χ1) is 11.6. The summed E-state index contributed by atoms with van der Waals surface area (Å²) in [7, 11) is 1.37. The first-order valence-corrected chi connectivity index (χ1v) is 7.01. The molecule has 118 valence electrons. The zero-order valence-electron chi connectivity index (χ0n) is 12.7. The third kappa shape index (κ3) is 2.80. The van der Waals surface area contributed by atoms with E-state index in [-0.39, 0.29) is 17.0 Å². The summed E-state index contributed by atoms with van der Waals surface area (Å²) in [5.41, 5.74) is 2.20. The van der Waals surface area contributed by atoms with Gasteiger partial charge in [-0.15, -0.1) is 0 Å².